The number of H-pyrrole nitrogens is 1. The van der Waals surface area contributed by atoms with Crippen LogP contribution in [0.5, 0.6) is 5.88 Å². The third-order valence-electron chi connectivity index (χ3n) is 4.16. The number of hydrogen-bond acceptors (Lipinski definition) is 4. The topological polar surface area (TPSA) is 115 Å². The van der Waals surface area contributed by atoms with Crippen LogP contribution in [0.15, 0.2) is 54.6 Å². The first-order chi connectivity index (χ1) is 13.4. The van der Waals surface area contributed by atoms with Crippen LogP contribution in [0.25, 0.3) is 11.1 Å². The molecule has 0 saturated carbocycles. The second-order valence-electron chi connectivity index (χ2n) is 6.32. The maximum Gasteiger partial charge on any atom is 0.305 e. The van der Waals surface area contributed by atoms with Crippen LogP contribution >= 0.6 is 11.6 Å². The van der Waals surface area contributed by atoms with Gasteiger partial charge in [-0.2, -0.15) is 0 Å². The Kier molecular flexibility index (Phi) is 5.96. The van der Waals surface area contributed by atoms with Gasteiger partial charge in [-0.25, -0.2) is 0 Å². The van der Waals surface area contributed by atoms with E-state index in [0.717, 1.165) is 16.7 Å². The molecule has 1 atom stereocenters. The Morgan fingerprint density at radius 1 is 1.11 bits per heavy atom. The van der Waals surface area contributed by atoms with Gasteiger partial charge in [0.15, 0.2) is 0 Å². The minimum Gasteiger partial charge on any atom is -0.492 e. The van der Waals surface area contributed by atoms with Crippen molar-refractivity contribution >= 4 is 23.5 Å². The Hall–Kier alpha value is -3.32. The SMILES string of the molecule is O=C(O)CC(Cc1ccc(-c2cccc(Cl)c2)cc1)NC(=O)c1cc(O)n[nH]1. The number of aliphatic carboxylic acids is 1. The molecule has 0 aliphatic heterocycles. The molecule has 4 N–H and O–H groups in total. The molecule has 2 aromatic carbocycles. The average Bonchev–Trinajstić information content (AvgIpc) is 3.08. The smallest absolute Gasteiger partial charge is 0.305 e. The lowest BCUT2D eigenvalue weighted by Gasteiger charge is -2.17. The molecule has 0 fully saturated rings. The van der Waals surface area contributed by atoms with Crippen molar-refractivity contribution in [1.82, 2.24) is 15.5 Å². The minimum absolute atomic E-state index is 0.0594. The lowest BCUT2D eigenvalue weighted by atomic mass is 9.99. The van der Waals surface area contributed by atoms with E-state index in [9.17, 15) is 14.7 Å². The molecule has 1 heterocycles. The van der Waals surface area contributed by atoms with Crippen molar-refractivity contribution in [3.8, 4) is 17.0 Å². The van der Waals surface area contributed by atoms with E-state index in [-0.39, 0.29) is 18.0 Å². The fourth-order valence-corrected chi connectivity index (χ4v) is 3.05. The molecule has 144 valence electrons. The Morgan fingerprint density at radius 3 is 2.46 bits per heavy atom. The molecule has 1 amide bonds. The maximum absolute atomic E-state index is 12.2. The van der Waals surface area contributed by atoms with E-state index in [4.69, 9.17) is 16.7 Å². The van der Waals surface area contributed by atoms with Crippen molar-refractivity contribution in [2.75, 3.05) is 0 Å². The van der Waals surface area contributed by atoms with Crippen molar-refractivity contribution in [3.63, 3.8) is 0 Å². The van der Waals surface area contributed by atoms with Crippen LogP contribution in [0.3, 0.4) is 0 Å². The van der Waals surface area contributed by atoms with Crippen LogP contribution < -0.4 is 5.32 Å². The number of halogens is 1. The lowest BCUT2D eigenvalue weighted by molar-refractivity contribution is -0.137. The summed E-state index contributed by atoms with van der Waals surface area (Å²) >= 11 is 6.03. The molecule has 1 aromatic heterocycles. The summed E-state index contributed by atoms with van der Waals surface area (Å²) in [5, 5.41) is 27.5. The van der Waals surface area contributed by atoms with E-state index in [1.165, 1.54) is 6.07 Å². The number of carboxylic acids is 1. The Bertz CT molecular complexity index is 985. The van der Waals surface area contributed by atoms with Crippen LogP contribution in [0, 0.1) is 0 Å². The van der Waals surface area contributed by atoms with Gasteiger partial charge in [0.1, 0.15) is 5.69 Å². The predicted molar refractivity (Wildman–Crippen MR) is 104 cm³/mol. The van der Waals surface area contributed by atoms with Crippen LogP contribution in [0.1, 0.15) is 22.5 Å². The molecule has 3 aromatic rings. The number of carboxylic acid groups (broad SMARTS) is 1. The third kappa shape index (κ3) is 5.11. The summed E-state index contributed by atoms with van der Waals surface area (Å²) in [6.45, 7) is 0. The lowest BCUT2D eigenvalue weighted by Crippen LogP contribution is -2.38. The molecule has 3 rings (SSSR count). The van der Waals surface area contributed by atoms with Crippen molar-refractivity contribution in [2.45, 2.75) is 18.9 Å². The van der Waals surface area contributed by atoms with Crippen molar-refractivity contribution in [3.05, 3.63) is 70.9 Å². The molecule has 0 aliphatic rings. The maximum atomic E-state index is 12.2. The van der Waals surface area contributed by atoms with E-state index < -0.39 is 17.9 Å². The number of hydrogen-bond donors (Lipinski definition) is 4. The quantitative estimate of drug-likeness (QED) is 0.486. The van der Waals surface area contributed by atoms with Gasteiger partial charge >= 0.3 is 5.97 Å². The number of amides is 1. The number of carbonyl (C=O) groups excluding carboxylic acids is 1. The molecule has 0 saturated heterocycles. The van der Waals surface area contributed by atoms with E-state index in [1.807, 2.05) is 42.5 Å². The van der Waals surface area contributed by atoms with E-state index in [2.05, 4.69) is 15.5 Å². The number of nitrogens with one attached hydrogen (secondary N) is 2. The highest BCUT2D eigenvalue weighted by Crippen LogP contribution is 2.23. The summed E-state index contributed by atoms with van der Waals surface area (Å²) in [5.41, 5.74) is 2.90. The van der Waals surface area contributed by atoms with Gasteiger partial charge in [-0.15, -0.1) is 5.10 Å². The summed E-state index contributed by atoms with van der Waals surface area (Å²) in [5.74, 6) is -1.86. The molecule has 0 radical (unpaired) electrons. The number of aromatic amines is 1. The second kappa shape index (κ2) is 8.58. The molecule has 0 aliphatic carbocycles. The van der Waals surface area contributed by atoms with E-state index >= 15 is 0 Å². The number of nitrogens with zero attached hydrogens (tertiary/aromatic N) is 1. The van der Waals surface area contributed by atoms with Crippen molar-refractivity contribution in [1.29, 1.82) is 0 Å². The molecule has 1 unspecified atom stereocenters. The first-order valence-corrected chi connectivity index (χ1v) is 8.90. The normalized spacial score (nSPS) is 11.8. The van der Waals surface area contributed by atoms with Gasteiger partial charge in [0, 0.05) is 17.1 Å². The number of benzene rings is 2. The number of aromatic nitrogens is 2. The van der Waals surface area contributed by atoms with Crippen LogP contribution in [0.2, 0.25) is 5.02 Å². The number of rotatable bonds is 7. The van der Waals surface area contributed by atoms with E-state index in [0.29, 0.717) is 11.4 Å². The summed E-state index contributed by atoms with van der Waals surface area (Å²) < 4.78 is 0. The summed E-state index contributed by atoms with van der Waals surface area (Å²) in [6.07, 6.45) is 0.107. The van der Waals surface area contributed by atoms with Crippen LogP contribution in [-0.2, 0) is 11.2 Å². The summed E-state index contributed by atoms with van der Waals surface area (Å²) in [6, 6.07) is 15.7. The Labute approximate surface area is 166 Å². The highest BCUT2D eigenvalue weighted by Gasteiger charge is 2.19. The van der Waals surface area contributed by atoms with Gasteiger partial charge in [-0.3, -0.25) is 14.7 Å². The molecule has 28 heavy (non-hydrogen) atoms. The fourth-order valence-electron chi connectivity index (χ4n) is 2.86. The molecule has 0 spiro atoms. The third-order valence-corrected chi connectivity index (χ3v) is 4.39. The Morgan fingerprint density at radius 2 is 1.86 bits per heavy atom. The largest absolute Gasteiger partial charge is 0.492 e. The Balaban J connectivity index is 1.71. The zero-order valence-electron chi connectivity index (χ0n) is 14.7. The van der Waals surface area contributed by atoms with Crippen LogP contribution in [-0.4, -0.2) is 38.3 Å². The van der Waals surface area contributed by atoms with E-state index in [1.54, 1.807) is 6.07 Å². The van der Waals surface area contributed by atoms with Crippen molar-refractivity contribution < 1.29 is 19.8 Å². The zero-order chi connectivity index (χ0) is 20.1. The minimum atomic E-state index is -1.02. The van der Waals surface area contributed by atoms with Crippen molar-refractivity contribution in [2.24, 2.45) is 0 Å². The first kappa shape index (κ1) is 19.4. The van der Waals surface area contributed by atoms with Gasteiger partial charge in [-0.1, -0.05) is 48.0 Å². The molecular weight excluding hydrogens is 382 g/mol. The highest BCUT2D eigenvalue weighted by atomic mass is 35.5. The predicted octanol–water partition coefficient (Wildman–Crippen LogP) is 3.25. The van der Waals surface area contributed by atoms with Gasteiger partial charge in [0.2, 0.25) is 5.88 Å². The zero-order valence-corrected chi connectivity index (χ0v) is 15.5. The number of aromatic hydroxyl groups is 1. The number of carbonyl (C=O) groups is 2. The molecule has 8 heteroatoms. The standard InChI is InChI=1S/C20H18ClN3O4/c21-15-3-1-2-14(9-15)13-6-4-12(5-7-13)8-16(10-19(26)27)22-20(28)17-11-18(25)24-23-17/h1-7,9,11,16H,8,10H2,(H,22,28)(H,26,27)(H2,23,24,25). The molecular formula is C20H18ClN3O4. The highest BCUT2D eigenvalue weighted by molar-refractivity contribution is 6.30. The molecule has 7 nitrogen and oxygen atoms in total. The monoisotopic (exact) mass is 399 g/mol. The molecule has 0 bridgehead atoms. The average molecular weight is 400 g/mol. The summed E-state index contributed by atoms with van der Waals surface area (Å²) in [4.78, 5) is 23.4. The summed E-state index contributed by atoms with van der Waals surface area (Å²) in [7, 11) is 0. The van der Waals surface area contributed by atoms with Crippen LogP contribution in [0.4, 0.5) is 0 Å². The van der Waals surface area contributed by atoms with Gasteiger partial charge < -0.3 is 15.5 Å². The van der Waals surface area contributed by atoms with Gasteiger partial charge in [-0.05, 0) is 35.2 Å². The van der Waals surface area contributed by atoms with Gasteiger partial charge in [0.05, 0.1) is 6.42 Å². The van der Waals surface area contributed by atoms with Gasteiger partial charge in [0.25, 0.3) is 5.91 Å². The fraction of sp³-hybridized carbons (Fsp3) is 0.150. The second-order valence-corrected chi connectivity index (χ2v) is 6.76. The first-order valence-electron chi connectivity index (χ1n) is 8.52.